The van der Waals surface area contributed by atoms with Crippen LogP contribution in [-0.4, -0.2) is 56.1 Å². The number of hydrogen-bond acceptors (Lipinski definition) is 6. The van der Waals surface area contributed by atoms with E-state index in [1.54, 1.807) is 24.3 Å². The van der Waals surface area contributed by atoms with Crippen LogP contribution in [0.4, 0.5) is 4.39 Å². The molecule has 4 N–H and O–H groups in total. The Kier molecular flexibility index (Phi) is 10.7. The van der Waals surface area contributed by atoms with Crippen LogP contribution in [0.2, 0.25) is 0 Å². The fourth-order valence-corrected chi connectivity index (χ4v) is 4.22. The van der Waals surface area contributed by atoms with E-state index in [1.165, 1.54) is 29.8 Å². The molecule has 36 heavy (non-hydrogen) atoms. The van der Waals surface area contributed by atoms with E-state index in [4.69, 9.17) is 14.8 Å². The van der Waals surface area contributed by atoms with Crippen molar-refractivity contribution in [3.63, 3.8) is 0 Å². The molecule has 4 rings (SSSR count). The lowest BCUT2D eigenvalue weighted by atomic mass is 10.2. The SMILES string of the molecule is Cc1ccc(S(=O)(=O)O)cc1.Cc1ccc(S(=O)(=O)O)cc1.N[C@@H]1CN(Cc2ccccc2)C[C@H]1F. The van der Waals surface area contributed by atoms with E-state index in [0.717, 1.165) is 17.7 Å². The second-order valence-electron chi connectivity index (χ2n) is 8.44. The summed E-state index contributed by atoms with van der Waals surface area (Å²) in [6, 6.07) is 21.8. The van der Waals surface area contributed by atoms with Crippen LogP contribution >= 0.6 is 0 Å². The molecule has 0 radical (unpaired) electrons. The van der Waals surface area contributed by atoms with Crippen molar-refractivity contribution < 1.29 is 30.3 Å². The molecule has 3 aromatic rings. The summed E-state index contributed by atoms with van der Waals surface area (Å²) in [4.78, 5) is 1.93. The summed E-state index contributed by atoms with van der Waals surface area (Å²) in [5, 5.41) is 0. The highest BCUT2D eigenvalue weighted by Crippen LogP contribution is 2.15. The number of rotatable bonds is 4. The van der Waals surface area contributed by atoms with Crippen LogP contribution in [0.1, 0.15) is 16.7 Å². The molecule has 0 spiro atoms. The van der Waals surface area contributed by atoms with Crippen molar-refractivity contribution in [2.45, 2.75) is 42.4 Å². The smallest absolute Gasteiger partial charge is 0.294 e. The van der Waals surface area contributed by atoms with Crippen LogP contribution in [0.25, 0.3) is 0 Å². The molecule has 2 atom stereocenters. The summed E-state index contributed by atoms with van der Waals surface area (Å²) in [6.45, 7) is 5.61. The standard InChI is InChI=1S/C11H15FN2.2C7H8O3S/c12-10-7-14(8-11(10)13)6-9-4-2-1-3-5-9;2*1-6-2-4-7(5-3-6)11(8,9)10/h1-5,10-11H,6-8,13H2;2*2-5H,1H3,(H,8,9,10)/t10-,11-;;/m1../s1. The molecule has 1 saturated heterocycles. The van der Waals surface area contributed by atoms with Gasteiger partial charge in [0.2, 0.25) is 0 Å². The Labute approximate surface area is 212 Å². The van der Waals surface area contributed by atoms with Gasteiger partial charge in [-0.25, -0.2) is 4.39 Å². The molecule has 1 heterocycles. The molecule has 8 nitrogen and oxygen atoms in total. The molecule has 0 bridgehead atoms. The van der Waals surface area contributed by atoms with Gasteiger partial charge >= 0.3 is 0 Å². The van der Waals surface area contributed by atoms with E-state index in [2.05, 4.69) is 17.0 Å². The Morgan fingerprint density at radius 3 is 1.53 bits per heavy atom. The van der Waals surface area contributed by atoms with Gasteiger partial charge in [0, 0.05) is 25.7 Å². The van der Waals surface area contributed by atoms with Gasteiger partial charge in [0.15, 0.2) is 0 Å². The second-order valence-corrected chi connectivity index (χ2v) is 11.3. The van der Waals surface area contributed by atoms with Crippen molar-refractivity contribution in [3.05, 3.63) is 95.6 Å². The third-order valence-electron chi connectivity index (χ3n) is 5.25. The van der Waals surface area contributed by atoms with Crippen molar-refractivity contribution in [1.29, 1.82) is 0 Å². The summed E-state index contributed by atoms with van der Waals surface area (Å²) < 4.78 is 72.2. The van der Waals surface area contributed by atoms with Gasteiger partial charge in [-0.05, 0) is 43.7 Å². The molecular weight excluding hydrogens is 507 g/mol. The maximum absolute atomic E-state index is 13.1. The van der Waals surface area contributed by atoms with Crippen molar-refractivity contribution in [2.75, 3.05) is 13.1 Å². The first-order valence-electron chi connectivity index (χ1n) is 11.0. The molecule has 0 amide bonds. The number of hydrogen-bond donors (Lipinski definition) is 3. The van der Waals surface area contributed by atoms with Gasteiger partial charge in [-0.2, -0.15) is 16.8 Å². The van der Waals surface area contributed by atoms with Crippen molar-refractivity contribution >= 4 is 20.2 Å². The molecule has 1 aliphatic rings. The molecule has 3 aromatic carbocycles. The Morgan fingerprint density at radius 1 is 0.778 bits per heavy atom. The first kappa shape index (κ1) is 29.6. The van der Waals surface area contributed by atoms with Crippen LogP contribution < -0.4 is 5.73 Å². The Balaban J connectivity index is 0.000000193. The van der Waals surface area contributed by atoms with Gasteiger partial charge in [-0.1, -0.05) is 65.7 Å². The molecule has 1 aliphatic heterocycles. The van der Waals surface area contributed by atoms with Crippen LogP contribution in [0.5, 0.6) is 0 Å². The number of benzene rings is 3. The van der Waals surface area contributed by atoms with Crippen molar-refractivity contribution in [2.24, 2.45) is 5.73 Å². The number of nitrogens with zero attached hydrogens (tertiary/aromatic N) is 1. The second kappa shape index (κ2) is 13.0. The lowest BCUT2D eigenvalue weighted by molar-refractivity contribution is 0.280. The van der Waals surface area contributed by atoms with Crippen LogP contribution in [0.15, 0.2) is 88.7 Å². The molecular formula is C25H31FN2O6S2. The lowest BCUT2D eigenvalue weighted by Gasteiger charge is -2.14. The maximum atomic E-state index is 13.1. The summed E-state index contributed by atoms with van der Waals surface area (Å²) in [6.07, 6.45) is -0.862. The summed E-state index contributed by atoms with van der Waals surface area (Å²) in [7, 11) is -8.04. The number of nitrogens with two attached hydrogens (primary N) is 1. The number of aryl methyl sites for hydroxylation is 2. The van der Waals surface area contributed by atoms with Gasteiger partial charge in [0.05, 0.1) is 9.79 Å². The highest BCUT2D eigenvalue weighted by Gasteiger charge is 2.29. The monoisotopic (exact) mass is 538 g/mol. The first-order chi connectivity index (χ1) is 16.8. The average Bonchev–Trinajstić information content (AvgIpc) is 3.11. The Morgan fingerprint density at radius 2 is 1.19 bits per heavy atom. The van der Waals surface area contributed by atoms with Crippen LogP contribution in [0.3, 0.4) is 0 Å². The Bertz CT molecular complexity index is 1220. The predicted molar refractivity (Wildman–Crippen MR) is 137 cm³/mol. The number of alkyl halides is 1. The maximum Gasteiger partial charge on any atom is 0.294 e. The quantitative estimate of drug-likeness (QED) is 0.428. The zero-order valence-corrected chi connectivity index (χ0v) is 21.7. The fourth-order valence-electron chi connectivity index (χ4n) is 3.26. The highest BCUT2D eigenvalue weighted by atomic mass is 32.2. The van der Waals surface area contributed by atoms with E-state index < -0.39 is 26.4 Å². The fraction of sp³-hybridized carbons (Fsp3) is 0.280. The summed E-state index contributed by atoms with van der Waals surface area (Å²) in [5.41, 5.74) is 8.73. The number of likely N-dealkylation sites (tertiary alicyclic amines) is 1. The van der Waals surface area contributed by atoms with E-state index in [0.29, 0.717) is 13.1 Å². The minimum atomic E-state index is -4.02. The van der Waals surface area contributed by atoms with Gasteiger partial charge in [0.1, 0.15) is 6.17 Å². The molecule has 0 aromatic heterocycles. The van der Waals surface area contributed by atoms with E-state index in [-0.39, 0.29) is 15.8 Å². The van der Waals surface area contributed by atoms with Gasteiger partial charge in [0.25, 0.3) is 20.2 Å². The van der Waals surface area contributed by atoms with E-state index in [9.17, 15) is 21.2 Å². The summed E-state index contributed by atoms with van der Waals surface area (Å²) >= 11 is 0. The lowest BCUT2D eigenvalue weighted by Crippen LogP contribution is -2.30. The third-order valence-corrected chi connectivity index (χ3v) is 6.99. The topological polar surface area (TPSA) is 138 Å². The van der Waals surface area contributed by atoms with Gasteiger partial charge < -0.3 is 5.73 Å². The van der Waals surface area contributed by atoms with Gasteiger partial charge in [-0.3, -0.25) is 14.0 Å². The molecule has 0 aliphatic carbocycles. The van der Waals surface area contributed by atoms with E-state index in [1.807, 2.05) is 32.0 Å². The minimum Gasteiger partial charge on any atom is -0.324 e. The number of halogens is 1. The van der Waals surface area contributed by atoms with E-state index >= 15 is 0 Å². The van der Waals surface area contributed by atoms with Crippen molar-refractivity contribution in [1.82, 2.24) is 4.90 Å². The average molecular weight is 539 g/mol. The molecule has 0 unspecified atom stereocenters. The predicted octanol–water partition coefficient (Wildman–Crippen LogP) is 3.65. The first-order valence-corrected chi connectivity index (χ1v) is 13.9. The zero-order chi connectivity index (χ0) is 26.9. The highest BCUT2D eigenvalue weighted by molar-refractivity contribution is 7.86. The molecule has 1 fully saturated rings. The summed E-state index contributed by atoms with van der Waals surface area (Å²) in [5.74, 6) is 0. The van der Waals surface area contributed by atoms with Crippen LogP contribution in [0, 0.1) is 13.8 Å². The van der Waals surface area contributed by atoms with Crippen LogP contribution in [-0.2, 0) is 26.8 Å². The largest absolute Gasteiger partial charge is 0.324 e. The zero-order valence-electron chi connectivity index (χ0n) is 20.0. The normalized spacial score (nSPS) is 17.9. The Hall–Kier alpha value is -2.67. The molecule has 196 valence electrons. The third kappa shape index (κ3) is 10.1. The minimum absolute atomic E-state index is 0.0666. The van der Waals surface area contributed by atoms with Crippen molar-refractivity contribution in [3.8, 4) is 0 Å². The molecule has 0 saturated carbocycles. The molecule has 11 heteroatoms. The van der Waals surface area contributed by atoms with Gasteiger partial charge in [-0.15, -0.1) is 0 Å².